The van der Waals surface area contributed by atoms with Crippen LogP contribution in [0.3, 0.4) is 0 Å². The molecule has 3 rings (SSSR count). The van der Waals surface area contributed by atoms with Crippen LogP contribution in [0, 0.1) is 0 Å². The van der Waals surface area contributed by atoms with Gasteiger partial charge >= 0.3 is 0 Å². The minimum atomic E-state index is -0.169. The molecular weight excluding hydrogens is 330 g/mol. The summed E-state index contributed by atoms with van der Waals surface area (Å²) < 4.78 is 10.5. The molecule has 26 heavy (non-hydrogen) atoms. The molecule has 0 saturated carbocycles. The Hall–Kier alpha value is -3.15. The zero-order chi connectivity index (χ0) is 18.4. The molecule has 0 fully saturated rings. The first-order chi connectivity index (χ1) is 12.7. The number of pyridine rings is 1. The van der Waals surface area contributed by atoms with Gasteiger partial charge in [-0.2, -0.15) is 0 Å². The molecule has 0 unspecified atom stereocenters. The van der Waals surface area contributed by atoms with E-state index in [2.05, 4.69) is 22.4 Å². The summed E-state index contributed by atoms with van der Waals surface area (Å²) in [5, 5.41) is 6.81. The van der Waals surface area contributed by atoms with Crippen molar-refractivity contribution in [2.24, 2.45) is 0 Å². The molecule has 1 aromatic carbocycles. The van der Waals surface area contributed by atoms with Crippen molar-refractivity contribution < 1.29 is 14.1 Å². The van der Waals surface area contributed by atoms with E-state index < -0.39 is 0 Å². The Morgan fingerprint density at radius 1 is 1.23 bits per heavy atom. The minimum absolute atomic E-state index is 0.169. The van der Waals surface area contributed by atoms with Gasteiger partial charge in [-0.05, 0) is 30.7 Å². The molecule has 0 aliphatic rings. The molecule has 2 aromatic heterocycles. The van der Waals surface area contributed by atoms with Gasteiger partial charge in [0, 0.05) is 23.4 Å². The Labute approximate surface area is 152 Å². The molecule has 0 aliphatic heterocycles. The number of carbonyl (C=O) groups is 1. The van der Waals surface area contributed by atoms with E-state index in [9.17, 15) is 4.79 Å². The van der Waals surface area contributed by atoms with Crippen LogP contribution < -0.4 is 10.1 Å². The predicted molar refractivity (Wildman–Crippen MR) is 97.9 cm³/mol. The maximum atomic E-state index is 12.3. The van der Waals surface area contributed by atoms with Gasteiger partial charge in [0.25, 0.3) is 5.91 Å². The Bertz CT molecular complexity index is 872. The maximum absolute atomic E-state index is 12.3. The Balaban J connectivity index is 1.65. The number of hydrogen-bond acceptors (Lipinski definition) is 5. The number of amides is 1. The molecule has 0 atom stereocenters. The minimum Gasteiger partial charge on any atom is -0.494 e. The molecule has 6 heteroatoms. The quantitative estimate of drug-likeness (QED) is 0.703. The second-order valence-electron chi connectivity index (χ2n) is 5.85. The van der Waals surface area contributed by atoms with E-state index in [0.29, 0.717) is 23.6 Å². The van der Waals surface area contributed by atoms with Crippen molar-refractivity contribution in [3.8, 4) is 17.0 Å². The molecule has 6 nitrogen and oxygen atoms in total. The molecule has 0 spiro atoms. The zero-order valence-electron chi connectivity index (χ0n) is 14.9. The maximum Gasteiger partial charge on any atom is 0.251 e. The van der Waals surface area contributed by atoms with Gasteiger partial charge in [-0.15, -0.1) is 0 Å². The third-order valence-electron chi connectivity index (χ3n) is 3.95. The van der Waals surface area contributed by atoms with E-state index in [1.807, 2.05) is 30.3 Å². The predicted octanol–water partition coefficient (Wildman–Crippen LogP) is 3.63. The first kappa shape index (κ1) is 17.7. The molecule has 134 valence electrons. The number of benzene rings is 1. The average Bonchev–Trinajstić information content (AvgIpc) is 3.14. The summed E-state index contributed by atoms with van der Waals surface area (Å²) in [6.07, 6.45) is 3.59. The van der Waals surface area contributed by atoms with Gasteiger partial charge in [0.15, 0.2) is 5.76 Å². The van der Waals surface area contributed by atoms with Crippen molar-refractivity contribution in [3.63, 3.8) is 0 Å². The molecule has 0 saturated heterocycles. The fraction of sp³-hybridized carbons (Fsp3) is 0.250. The molecule has 0 radical (unpaired) electrons. The molecule has 0 aliphatic carbocycles. The first-order valence-electron chi connectivity index (χ1n) is 8.53. The second kappa shape index (κ2) is 8.29. The first-order valence-corrected chi connectivity index (χ1v) is 8.53. The average molecular weight is 351 g/mol. The fourth-order valence-corrected chi connectivity index (χ4v) is 2.63. The lowest BCUT2D eigenvalue weighted by molar-refractivity contribution is 0.0947. The second-order valence-corrected chi connectivity index (χ2v) is 5.85. The third kappa shape index (κ3) is 4.08. The van der Waals surface area contributed by atoms with Crippen LogP contribution in [0.1, 0.15) is 35.2 Å². The van der Waals surface area contributed by atoms with Gasteiger partial charge in [0.05, 0.1) is 19.3 Å². The van der Waals surface area contributed by atoms with Gasteiger partial charge in [0.2, 0.25) is 0 Å². The summed E-state index contributed by atoms with van der Waals surface area (Å²) in [7, 11) is 1.61. The van der Waals surface area contributed by atoms with Gasteiger partial charge in [0.1, 0.15) is 11.4 Å². The highest BCUT2D eigenvalue weighted by molar-refractivity contribution is 5.94. The lowest BCUT2D eigenvalue weighted by Gasteiger charge is -2.08. The fourth-order valence-electron chi connectivity index (χ4n) is 2.63. The van der Waals surface area contributed by atoms with Gasteiger partial charge in [-0.25, -0.2) is 0 Å². The highest BCUT2D eigenvalue weighted by Gasteiger charge is 2.10. The van der Waals surface area contributed by atoms with Crippen LogP contribution >= 0.6 is 0 Å². The SMILES string of the molecule is CCCc1cc(CNC(=O)c2ccc(-c3ncccc3OC)cc2)on1. The highest BCUT2D eigenvalue weighted by Crippen LogP contribution is 2.27. The Morgan fingerprint density at radius 3 is 2.77 bits per heavy atom. The molecular formula is C20H21N3O3. The van der Waals surface area contributed by atoms with Crippen molar-refractivity contribution in [1.82, 2.24) is 15.5 Å². The summed E-state index contributed by atoms with van der Waals surface area (Å²) in [6, 6.07) is 12.8. The molecule has 2 heterocycles. The monoisotopic (exact) mass is 351 g/mol. The number of rotatable bonds is 7. The normalized spacial score (nSPS) is 10.5. The molecule has 1 amide bonds. The summed E-state index contributed by atoms with van der Waals surface area (Å²) in [6.45, 7) is 2.39. The van der Waals surface area contributed by atoms with Crippen molar-refractivity contribution in [3.05, 3.63) is 65.7 Å². The van der Waals surface area contributed by atoms with Crippen LogP contribution in [0.5, 0.6) is 5.75 Å². The van der Waals surface area contributed by atoms with Crippen molar-refractivity contribution >= 4 is 5.91 Å². The number of aryl methyl sites for hydroxylation is 1. The standard InChI is InChI=1S/C20H21N3O3/c1-3-5-16-12-17(26-23-16)13-22-20(24)15-9-7-14(8-10-15)19-18(25-2)6-4-11-21-19/h4,6-12H,3,5,13H2,1-2H3,(H,22,24). The molecule has 3 aromatic rings. The van der Waals surface area contributed by atoms with E-state index in [0.717, 1.165) is 29.8 Å². The van der Waals surface area contributed by atoms with Crippen LogP contribution in [0.15, 0.2) is 53.2 Å². The van der Waals surface area contributed by atoms with E-state index in [1.165, 1.54) is 0 Å². The number of ether oxygens (including phenoxy) is 1. The zero-order valence-corrected chi connectivity index (χ0v) is 14.9. The third-order valence-corrected chi connectivity index (χ3v) is 3.95. The van der Waals surface area contributed by atoms with E-state index in [-0.39, 0.29) is 5.91 Å². The lowest BCUT2D eigenvalue weighted by atomic mass is 10.1. The summed E-state index contributed by atoms with van der Waals surface area (Å²) in [5.74, 6) is 1.17. The van der Waals surface area contributed by atoms with E-state index >= 15 is 0 Å². The number of aromatic nitrogens is 2. The number of hydrogen-bond donors (Lipinski definition) is 1. The smallest absolute Gasteiger partial charge is 0.251 e. The van der Waals surface area contributed by atoms with Crippen LogP contribution in [0.25, 0.3) is 11.3 Å². The van der Waals surface area contributed by atoms with Crippen LogP contribution in [-0.4, -0.2) is 23.2 Å². The van der Waals surface area contributed by atoms with Gasteiger partial charge in [-0.3, -0.25) is 9.78 Å². The van der Waals surface area contributed by atoms with Crippen molar-refractivity contribution in [1.29, 1.82) is 0 Å². The molecule has 0 bridgehead atoms. The van der Waals surface area contributed by atoms with Gasteiger partial charge in [-0.1, -0.05) is 30.6 Å². The highest BCUT2D eigenvalue weighted by atomic mass is 16.5. The topological polar surface area (TPSA) is 77.2 Å². The van der Waals surface area contributed by atoms with E-state index in [4.69, 9.17) is 9.26 Å². The van der Waals surface area contributed by atoms with Gasteiger partial charge < -0.3 is 14.6 Å². The summed E-state index contributed by atoms with van der Waals surface area (Å²) in [4.78, 5) is 16.7. The largest absolute Gasteiger partial charge is 0.494 e. The molecule has 1 N–H and O–H groups in total. The Kier molecular flexibility index (Phi) is 5.63. The lowest BCUT2D eigenvalue weighted by Crippen LogP contribution is -2.22. The number of nitrogens with zero attached hydrogens (tertiary/aromatic N) is 2. The van der Waals surface area contributed by atoms with Crippen molar-refractivity contribution in [2.45, 2.75) is 26.3 Å². The van der Waals surface area contributed by atoms with Crippen LogP contribution in [0.4, 0.5) is 0 Å². The summed E-state index contributed by atoms with van der Waals surface area (Å²) in [5.41, 5.74) is 3.10. The number of carbonyl (C=O) groups excluding carboxylic acids is 1. The van der Waals surface area contributed by atoms with E-state index in [1.54, 1.807) is 25.4 Å². The number of methoxy groups -OCH3 is 1. The Morgan fingerprint density at radius 2 is 2.04 bits per heavy atom. The number of nitrogens with one attached hydrogen (secondary N) is 1. The van der Waals surface area contributed by atoms with Crippen molar-refractivity contribution in [2.75, 3.05) is 7.11 Å². The van der Waals surface area contributed by atoms with Crippen LogP contribution in [0.2, 0.25) is 0 Å². The summed E-state index contributed by atoms with van der Waals surface area (Å²) >= 11 is 0. The van der Waals surface area contributed by atoms with Crippen LogP contribution in [-0.2, 0) is 13.0 Å².